The van der Waals surface area contributed by atoms with Crippen molar-refractivity contribution in [1.82, 2.24) is 14.5 Å². The summed E-state index contributed by atoms with van der Waals surface area (Å²) < 4.78 is 20.6. The number of carbonyl (C=O) groups is 1. The minimum atomic E-state index is -0.600. The molecule has 0 saturated carbocycles. The number of nitrogens with zero attached hydrogens (tertiary/aromatic N) is 3. The van der Waals surface area contributed by atoms with Crippen LogP contribution in [0, 0.1) is 5.82 Å². The molecule has 5 aromatic rings. The van der Waals surface area contributed by atoms with Crippen molar-refractivity contribution < 1.29 is 13.9 Å². The first kappa shape index (κ1) is 18.7. The van der Waals surface area contributed by atoms with Gasteiger partial charge in [0.05, 0.1) is 11.0 Å². The highest BCUT2D eigenvalue weighted by atomic mass is 19.1. The molecule has 0 radical (unpaired) electrons. The van der Waals surface area contributed by atoms with Crippen LogP contribution in [0.2, 0.25) is 0 Å². The van der Waals surface area contributed by atoms with Gasteiger partial charge in [0.15, 0.2) is 5.65 Å². The summed E-state index contributed by atoms with van der Waals surface area (Å²) in [6.07, 6.45) is 0. The van der Waals surface area contributed by atoms with Crippen molar-refractivity contribution in [3.05, 3.63) is 95.8 Å². The van der Waals surface area contributed by atoms with Crippen LogP contribution < -0.4 is 5.73 Å². The summed E-state index contributed by atoms with van der Waals surface area (Å²) in [5.41, 5.74) is 9.97. The fourth-order valence-corrected chi connectivity index (χ4v) is 3.51. The number of carbonyl (C=O) groups excluding carboxylic acids is 1. The zero-order valence-electron chi connectivity index (χ0n) is 16.3. The first-order valence-corrected chi connectivity index (χ1v) is 9.65. The van der Waals surface area contributed by atoms with Crippen LogP contribution in [0.5, 0.6) is 0 Å². The lowest BCUT2D eigenvalue weighted by Crippen LogP contribution is -2.09. The monoisotopic (exact) mass is 412 g/mol. The molecule has 6 nitrogen and oxygen atoms in total. The second-order valence-corrected chi connectivity index (χ2v) is 7.02. The zero-order chi connectivity index (χ0) is 21.4. The number of hydrogen-bond acceptors (Lipinski definition) is 5. The first-order valence-electron chi connectivity index (χ1n) is 9.65. The van der Waals surface area contributed by atoms with E-state index < -0.39 is 5.97 Å². The molecule has 0 aliphatic heterocycles. The summed E-state index contributed by atoms with van der Waals surface area (Å²) in [5, 5.41) is 0. The highest BCUT2D eigenvalue weighted by Crippen LogP contribution is 2.31. The van der Waals surface area contributed by atoms with Gasteiger partial charge in [0, 0.05) is 5.69 Å². The Morgan fingerprint density at radius 3 is 2.26 bits per heavy atom. The third kappa shape index (κ3) is 3.36. The third-order valence-corrected chi connectivity index (χ3v) is 5.00. The number of rotatable bonds is 4. The number of halogens is 1. The number of fused-ring (bicyclic) bond motifs is 2. The predicted octanol–water partition coefficient (Wildman–Crippen LogP) is 4.65. The van der Waals surface area contributed by atoms with Gasteiger partial charge in [0.25, 0.3) is 0 Å². The molecule has 152 valence electrons. The van der Waals surface area contributed by atoms with Crippen LogP contribution in [-0.4, -0.2) is 20.5 Å². The van der Waals surface area contributed by atoms with E-state index in [-0.39, 0.29) is 23.8 Å². The van der Waals surface area contributed by atoms with Gasteiger partial charge in [-0.25, -0.2) is 19.2 Å². The summed E-state index contributed by atoms with van der Waals surface area (Å²) in [5.74, 6) is -0.843. The molecule has 7 heteroatoms. The molecular weight excluding hydrogens is 395 g/mol. The topological polar surface area (TPSA) is 83.0 Å². The van der Waals surface area contributed by atoms with Crippen LogP contribution in [0.3, 0.4) is 0 Å². The standard InChI is InChI=1S/C24H17FN4O2/c25-16-10-12-17(13-11-16)29-22(26)20(24(30)31-14-15-6-2-1-3-7-15)21-23(29)28-19-9-5-4-8-18(19)27-21/h1-13H,14,26H2. The Morgan fingerprint density at radius 1 is 0.903 bits per heavy atom. The maximum absolute atomic E-state index is 13.5. The van der Waals surface area contributed by atoms with Gasteiger partial charge in [-0.3, -0.25) is 4.57 Å². The number of benzene rings is 3. The smallest absolute Gasteiger partial charge is 0.344 e. The van der Waals surface area contributed by atoms with E-state index in [1.54, 1.807) is 16.7 Å². The van der Waals surface area contributed by atoms with Gasteiger partial charge in [-0.05, 0) is 42.0 Å². The fraction of sp³-hybridized carbons (Fsp3) is 0.0417. The van der Waals surface area contributed by atoms with Crippen LogP contribution in [-0.2, 0) is 11.3 Å². The zero-order valence-corrected chi connectivity index (χ0v) is 16.3. The van der Waals surface area contributed by atoms with Gasteiger partial charge in [-0.15, -0.1) is 0 Å². The number of esters is 1. The van der Waals surface area contributed by atoms with Crippen LogP contribution in [0.4, 0.5) is 10.2 Å². The highest BCUT2D eigenvalue weighted by Gasteiger charge is 2.26. The van der Waals surface area contributed by atoms with Gasteiger partial charge in [0.2, 0.25) is 0 Å². The minimum Gasteiger partial charge on any atom is -0.457 e. The molecule has 0 unspecified atom stereocenters. The van der Waals surface area contributed by atoms with Crippen LogP contribution in [0.1, 0.15) is 15.9 Å². The molecule has 0 aliphatic rings. The number of hydrogen-bond donors (Lipinski definition) is 1. The Morgan fingerprint density at radius 2 is 1.55 bits per heavy atom. The molecule has 2 heterocycles. The Hall–Kier alpha value is -4.26. The molecule has 2 aromatic heterocycles. The molecule has 31 heavy (non-hydrogen) atoms. The summed E-state index contributed by atoms with van der Waals surface area (Å²) in [4.78, 5) is 22.4. The number of nitrogens with two attached hydrogens (primary N) is 1. The molecule has 3 aromatic carbocycles. The quantitative estimate of drug-likeness (QED) is 0.435. The van der Waals surface area contributed by atoms with Gasteiger partial charge in [0.1, 0.15) is 29.3 Å². The van der Waals surface area contributed by atoms with Gasteiger partial charge >= 0.3 is 5.97 Å². The molecular formula is C24H17FN4O2. The average molecular weight is 412 g/mol. The van der Waals surface area contributed by atoms with Crippen LogP contribution in [0.25, 0.3) is 27.9 Å². The van der Waals surface area contributed by atoms with E-state index in [9.17, 15) is 9.18 Å². The van der Waals surface area contributed by atoms with Gasteiger partial charge < -0.3 is 10.5 Å². The Labute approximate surface area is 176 Å². The number of para-hydroxylation sites is 2. The largest absolute Gasteiger partial charge is 0.457 e. The van der Waals surface area contributed by atoms with Crippen molar-refractivity contribution in [1.29, 1.82) is 0 Å². The van der Waals surface area contributed by atoms with Crippen molar-refractivity contribution in [2.75, 3.05) is 5.73 Å². The normalized spacial score (nSPS) is 11.1. The van der Waals surface area contributed by atoms with Gasteiger partial charge in [-0.2, -0.15) is 0 Å². The summed E-state index contributed by atoms with van der Waals surface area (Å²) in [6, 6.07) is 22.5. The van der Waals surface area contributed by atoms with E-state index >= 15 is 0 Å². The lowest BCUT2D eigenvalue weighted by Gasteiger charge is -2.08. The van der Waals surface area contributed by atoms with Crippen molar-refractivity contribution in [3.63, 3.8) is 0 Å². The second-order valence-electron chi connectivity index (χ2n) is 7.02. The molecule has 2 N–H and O–H groups in total. The molecule has 5 rings (SSSR count). The van der Waals surface area contributed by atoms with E-state index in [4.69, 9.17) is 10.5 Å². The maximum Gasteiger partial charge on any atom is 0.344 e. The van der Waals surface area contributed by atoms with E-state index in [0.717, 1.165) is 5.56 Å². The van der Waals surface area contributed by atoms with E-state index in [1.807, 2.05) is 54.6 Å². The van der Waals surface area contributed by atoms with Crippen molar-refractivity contribution in [2.45, 2.75) is 6.61 Å². The van der Waals surface area contributed by atoms with Crippen molar-refractivity contribution in [3.8, 4) is 5.69 Å². The Balaban J connectivity index is 1.67. The molecule has 0 fully saturated rings. The number of aromatic nitrogens is 3. The number of anilines is 1. The molecule has 0 spiro atoms. The van der Waals surface area contributed by atoms with Crippen molar-refractivity contribution in [2.24, 2.45) is 0 Å². The minimum absolute atomic E-state index is 0.101. The third-order valence-electron chi connectivity index (χ3n) is 5.00. The molecule has 0 bridgehead atoms. The predicted molar refractivity (Wildman–Crippen MR) is 116 cm³/mol. The van der Waals surface area contributed by atoms with Crippen molar-refractivity contribution >= 4 is 34.0 Å². The lowest BCUT2D eigenvalue weighted by atomic mass is 10.2. The highest BCUT2D eigenvalue weighted by molar-refractivity contribution is 6.09. The summed E-state index contributed by atoms with van der Waals surface area (Å²) in [7, 11) is 0. The van der Waals surface area contributed by atoms with Gasteiger partial charge in [-0.1, -0.05) is 42.5 Å². The Bertz CT molecular complexity index is 1410. The van der Waals surface area contributed by atoms with E-state index in [1.165, 1.54) is 12.1 Å². The molecule has 0 amide bonds. The SMILES string of the molecule is Nc1c(C(=O)OCc2ccccc2)c2nc3ccccc3nc2n1-c1ccc(F)cc1. The number of nitrogen functional groups attached to an aromatic ring is 1. The van der Waals surface area contributed by atoms with Crippen LogP contribution in [0.15, 0.2) is 78.9 Å². The summed E-state index contributed by atoms with van der Waals surface area (Å²) in [6.45, 7) is 0.101. The van der Waals surface area contributed by atoms with E-state index in [0.29, 0.717) is 27.9 Å². The summed E-state index contributed by atoms with van der Waals surface area (Å²) >= 11 is 0. The lowest BCUT2D eigenvalue weighted by molar-refractivity contribution is 0.0476. The molecule has 0 atom stereocenters. The Kier molecular flexibility index (Phi) is 4.55. The first-order chi connectivity index (χ1) is 15.1. The number of ether oxygens (including phenoxy) is 1. The molecule has 0 aliphatic carbocycles. The maximum atomic E-state index is 13.5. The fourth-order valence-electron chi connectivity index (χ4n) is 3.51. The second kappa shape index (κ2) is 7.53. The molecule has 0 saturated heterocycles. The average Bonchev–Trinajstić information content (AvgIpc) is 3.08. The van der Waals surface area contributed by atoms with E-state index in [2.05, 4.69) is 9.97 Å². The van der Waals surface area contributed by atoms with Crippen LogP contribution >= 0.6 is 0 Å².